The second kappa shape index (κ2) is 8.44. The molecule has 0 aliphatic heterocycles. The van der Waals surface area contributed by atoms with Crippen molar-refractivity contribution in [1.29, 1.82) is 0 Å². The van der Waals surface area contributed by atoms with Crippen molar-refractivity contribution < 1.29 is 9.53 Å². The van der Waals surface area contributed by atoms with E-state index in [2.05, 4.69) is 29.6 Å². The van der Waals surface area contributed by atoms with Gasteiger partial charge in [-0.3, -0.25) is 4.79 Å². The molecular formula is C13H22N4O2. The van der Waals surface area contributed by atoms with Gasteiger partial charge in [-0.25, -0.2) is 10.8 Å². The molecule has 1 amide bonds. The normalized spacial score (nSPS) is 10.5. The number of carbonyl (C=O) groups is 1. The lowest BCUT2D eigenvalue weighted by atomic mass is 10.1. The monoisotopic (exact) mass is 266 g/mol. The molecule has 0 spiro atoms. The minimum atomic E-state index is -0.161. The largest absolute Gasteiger partial charge is 0.380 e. The minimum Gasteiger partial charge on any atom is -0.380 e. The number of nitrogen functional groups attached to an aromatic ring is 1. The smallest absolute Gasteiger partial charge is 0.251 e. The molecule has 0 fully saturated rings. The Balaban J connectivity index is 2.23. The van der Waals surface area contributed by atoms with E-state index in [-0.39, 0.29) is 5.91 Å². The van der Waals surface area contributed by atoms with Crippen molar-refractivity contribution in [3.63, 3.8) is 0 Å². The summed E-state index contributed by atoms with van der Waals surface area (Å²) < 4.78 is 5.42. The van der Waals surface area contributed by atoms with Crippen LogP contribution in [0.5, 0.6) is 0 Å². The van der Waals surface area contributed by atoms with E-state index >= 15 is 0 Å². The van der Waals surface area contributed by atoms with Crippen LogP contribution >= 0.6 is 0 Å². The van der Waals surface area contributed by atoms with Gasteiger partial charge in [0.15, 0.2) is 0 Å². The van der Waals surface area contributed by atoms with Crippen molar-refractivity contribution in [1.82, 2.24) is 10.3 Å². The van der Waals surface area contributed by atoms with Crippen LogP contribution in [-0.2, 0) is 4.74 Å². The Labute approximate surface area is 113 Å². The highest BCUT2D eigenvalue weighted by atomic mass is 16.5. The van der Waals surface area contributed by atoms with Crippen LogP contribution in [0.25, 0.3) is 0 Å². The first-order chi connectivity index (χ1) is 9.13. The molecule has 19 heavy (non-hydrogen) atoms. The summed E-state index contributed by atoms with van der Waals surface area (Å²) in [6.07, 6.45) is 2.56. The van der Waals surface area contributed by atoms with Crippen LogP contribution in [0.1, 0.15) is 30.6 Å². The van der Waals surface area contributed by atoms with Crippen molar-refractivity contribution in [2.45, 2.75) is 20.3 Å². The van der Waals surface area contributed by atoms with Gasteiger partial charge >= 0.3 is 0 Å². The molecule has 0 bridgehead atoms. The van der Waals surface area contributed by atoms with Crippen molar-refractivity contribution in [2.24, 2.45) is 11.8 Å². The van der Waals surface area contributed by atoms with Gasteiger partial charge in [-0.1, -0.05) is 13.8 Å². The number of nitrogens with zero attached hydrogens (tertiary/aromatic N) is 1. The number of aromatic nitrogens is 1. The van der Waals surface area contributed by atoms with Gasteiger partial charge in [0.05, 0.1) is 6.61 Å². The van der Waals surface area contributed by atoms with E-state index in [4.69, 9.17) is 10.6 Å². The molecule has 1 aromatic heterocycles. The number of hydrazine groups is 1. The Morgan fingerprint density at radius 2 is 2.26 bits per heavy atom. The summed E-state index contributed by atoms with van der Waals surface area (Å²) in [7, 11) is 0. The van der Waals surface area contributed by atoms with Crippen LogP contribution < -0.4 is 16.6 Å². The maximum absolute atomic E-state index is 11.8. The minimum absolute atomic E-state index is 0.161. The van der Waals surface area contributed by atoms with Crippen LogP contribution in [0.4, 0.5) is 5.82 Å². The van der Waals surface area contributed by atoms with E-state index in [0.717, 1.165) is 13.0 Å². The standard InChI is InChI=1S/C13H22N4O2/c1-10(2)4-7-19-8-6-16-13(18)11-3-5-15-12(9-11)17-14/h3,5,9-10H,4,6-8,14H2,1-2H3,(H,15,17)(H,16,18). The van der Waals surface area contributed by atoms with Crippen LogP contribution in [0.2, 0.25) is 0 Å². The van der Waals surface area contributed by atoms with Crippen LogP contribution in [0.3, 0.4) is 0 Å². The molecule has 1 aromatic rings. The summed E-state index contributed by atoms with van der Waals surface area (Å²) in [6.45, 7) is 6.04. The number of ether oxygens (including phenoxy) is 1. The van der Waals surface area contributed by atoms with Gasteiger partial charge in [-0.05, 0) is 24.5 Å². The Morgan fingerprint density at radius 1 is 1.47 bits per heavy atom. The van der Waals surface area contributed by atoms with E-state index in [0.29, 0.717) is 30.5 Å². The Morgan fingerprint density at radius 3 is 2.95 bits per heavy atom. The zero-order valence-corrected chi connectivity index (χ0v) is 11.5. The highest BCUT2D eigenvalue weighted by molar-refractivity contribution is 5.94. The molecule has 0 aliphatic carbocycles. The Kier molecular flexibility index (Phi) is 6.84. The molecule has 0 saturated heterocycles. The average molecular weight is 266 g/mol. The van der Waals surface area contributed by atoms with E-state index in [1.54, 1.807) is 12.1 Å². The molecule has 1 heterocycles. The fourth-order valence-corrected chi connectivity index (χ4v) is 1.41. The van der Waals surface area contributed by atoms with Crippen LogP contribution in [0, 0.1) is 5.92 Å². The van der Waals surface area contributed by atoms with Gasteiger partial charge in [0.1, 0.15) is 5.82 Å². The lowest BCUT2D eigenvalue weighted by molar-refractivity contribution is 0.0906. The number of carbonyl (C=O) groups excluding carboxylic acids is 1. The average Bonchev–Trinajstić information content (AvgIpc) is 2.42. The second-order valence-electron chi connectivity index (χ2n) is 4.62. The fourth-order valence-electron chi connectivity index (χ4n) is 1.41. The molecule has 6 nitrogen and oxygen atoms in total. The predicted molar refractivity (Wildman–Crippen MR) is 74.7 cm³/mol. The number of amides is 1. The summed E-state index contributed by atoms with van der Waals surface area (Å²) in [6, 6.07) is 3.23. The lowest BCUT2D eigenvalue weighted by Gasteiger charge is -2.08. The molecule has 0 aliphatic rings. The third-order valence-corrected chi connectivity index (χ3v) is 2.54. The number of hydrogen-bond acceptors (Lipinski definition) is 5. The van der Waals surface area contributed by atoms with Gasteiger partial charge in [-0.15, -0.1) is 0 Å². The number of rotatable bonds is 8. The first kappa shape index (κ1) is 15.4. The van der Waals surface area contributed by atoms with Crippen LogP contribution in [-0.4, -0.2) is 30.6 Å². The summed E-state index contributed by atoms with van der Waals surface area (Å²) in [5.41, 5.74) is 2.92. The third kappa shape index (κ3) is 6.17. The fraction of sp³-hybridized carbons (Fsp3) is 0.538. The topological polar surface area (TPSA) is 89.3 Å². The number of hydrogen-bond donors (Lipinski definition) is 3. The van der Waals surface area contributed by atoms with Gasteiger partial charge in [0.2, 0.25) is 0 Å². The Bertz CT molecular complexity index is 396. The van der Waals surface area contributed by atoms with E-state index in [1.807, 2.05) is 0 Å². The summed E-state index contributed by atoms with van der Waals surface area (Å²) in [5, 5.41) is 2.78. The van der Waals surface area contributed by atoms with Crippen LogP contribution in [0.15, 0.2) is 18.3 Å². The maximum Gasteiger partial charge on any atom is 0.251 e. The molecule has 4 N–H and O–H groups in total. The molecular weight excluding hydrogens is 244 g/mol. The number of nitrogens with one attached hydrogen (secondary N) is 2. The second-order valence-corrected chi connectivity index (χ2v) is 4.62. The Hall–Kier alpha value is -1.66. The van der Waals surface area contributed by atoms with Gasteiger partial charge in [0.25, 0.3) is 5.91 Å². The molecule has 0 atom stereocenters. The zero-order chi connectivity index (χ0) is 14.1. The van der Waals surface area contributed by atoms with Crippen molar-refractivity contribution in [3.8, 4) is 0 Å². The highest BCUT2D eigenvalue weighted by Crippen LogP contribution is 2.04. The van der Waals surface area contributed by atoms with Crippen molar-refractivity contribution >= 4 is 11.7 Å². The van der Waals surface area contributed by atoms with E-state index < -0.39 is 0 Å². The van der Waals surface area contributed by atoms with Gasteiger partial charge in [0, 0.05) is 24.9 Å². The number of pyridine rings is 1. The van der Waals surface area contributed by atoms with Crippen molar-refractivity contribution in [3.05, 3.63) is 23.9 Å². The SMILES string of the molecule is CC(C)CCOCCNC(=O)c1ccnc(NN)c1. The third-order valence-electron chi connectivity index (χ3n) is 2.54. The highest BCUT2D eigenvalue weighted by Gasteiger charge is 2.05. The molecule has 6 heteroatoms. The van der Waals surface area contributed by atoms with Crippen molar-refractivity contribution in [2.75, 3.05) is 25.2 Å². The molecule has 0 saturated carbocycles. The molecule has 0 radical (unpaired) electrons. The number of anilines is 1. The first-order valence-corrected chi connectivity index (χ1v) is 6.42. The molecule has 0 aromatic carbocycles. The quantitative estimate of drug-likeness (QED) is 0.373. The first-order valence-electron chi connectivity index (χ1n) is 6.42. The summed E-state index contributed by atoms with van der Waals surface area (Å²) in [4.78, 5) is 15.7. The van der Waals surface area contributed by atoms with Gasteiger partial charge < -0.3 is 15.5 Å². The van der Waals surface area contributed by atoms with E-state index in [1.165, 1.54) is 6.20 Å². The zero-order valence-electron chi connectivity index (χ0n) is 11.5. The summed E-state index contributed by atoms with van der Waals surface area (Å²) >= 11 is 0. The molecule has 106 valence electrons. The predicted octanol–water partition coefficient (Wildman–Crippen LogP) is 1.16. The molecule has 0 unspecified atom stereocenters. The molecule has 1 rings (SSSR count). The van der Waals surface area contributed by atoms with Gasteiger partial charge in [-0.2, -0.15) is 0 Å². The summed E-state index contributed by atoms with van der Waals surface area (Å²) in [5.74, 6) is 6.17. The number of nitrogens with two attached hydrogens (primary N) is 1. The maximum atomic E-state index is 11.8. The van der Waals surface area contributed by atoms with E-state index in [9.17, 15) is 4.79 Å². The lowest BCUT2D eigenvalue weighted by Crippen LogP contribution is -2.27.